The van der Waals surface area contributed by atoms with Crippen LogP contribution in [0, 0.1) is 0 Å². The van der Waals surface area contributed by atoms with Crippen molar-refractivity contribution >= 4 is 11.4 Å². The molecule has 0 aromatic heterocycles. The van der Waals surface area contributed by atoms with Crippen molar-refractivity contribution in [2.24, 2.45) is 0 Å². The highest BCUT2D eigenvalue weighted by Gasteiger charge is 2.32. The Bertz CT molecular complexity index is 461. The molecule has 1 aromatic carbocycles. The van der Waals surface area contributed by atoms with Crippen LogP contribution in [-0.2, 0) is 6.42 Å². The van der Waals surface area contributed by atoms with Gasteiger partial charge in [-0.3, -0.25) is 0 Å². The van der Waals surface area contributed by atoms with Crippen molar-refractivity contribution in [2.75, 3.05) is 17.2 Å². The molecule has 1 heterocycles. The van der Waals surface area contributed by atoms with E-state index in [1.165, 1.54) is 29.7 Å². The van der Waals surface area contributed by atoms with Crippen LogP contribution in [0.5, 0.6) is 0 Å². The third-order valence-electron chi connectivity index (χ3n) is 4.38. The zero-order valence-corrected chi connectivity index (χ0v) is 13.1. The van der Waals surface area contributed by atoms with Gasteiger partial charge in [0, 0.05) is 23.5 Å². The van der Waals surface area contributed by atoms with Gasteiger partial charge in [0.1, 0.15) is 0 Å². The molecule has 0 spiro atoms. The van der Waals surface area contributed by atoms with Gasteiger partial charge in [0.05, 0.1) is 0 Å². The Hall–Kier alpha value is -1.18. The minimum Gasteiger partial charge on any atom is -0.398 e. The van der Waals surface area contributed by atoms with E-state index in [0.717, 1.165) is 18.7 Å². The Morgan fingerprint density at radius 2 is 2.00 bits per heavy atom. The molecule has 0 unspecified atom stereocenters. The average molecular weight is 260 g/mol. The molecular formula is C17H28N2. The van der Waals surface area contributed by atoms with Gasteiger partial charge in [0.25, 0.3) is 0 Å². The highest BCUT2D eigenvalue weighted by molar-refractivity contribution is 5.66. The van der Waals surface area contributed by atoms with E-state index in [9.17, 15) is 0 Å². The Morgan fingerprint density at radius 3 is 2.58 bits per heavy atom. The van der Waals surface area contributed by atoms with Gasteiger partial charge in [0.15, 0.2) is 0 Å². The largest absolute Gasteiger partial charge is 0.398 e. The molecular weight excluding hydrogens is 232 g/mol. The summed E-state index contributed by atoms with van der Waals surface area (Å²) in [6, 6.07) is 4.55. The van der Waals surface area contributed by atoms with Crippen LogP contribution in [0.25, 0.3) is 0 Å². The van der Waals surface area contributed by atoms with Crippen LogP contribution in [0.4, 0.5) is 11.4 Å². The van der Waals surface area contributed by atoms with Gasteiger partial charge in [-0.1, -0.05) is 20.8 Å². The summed E-state index contributed by atoms with van der Waals surface area (Å²) >= 11 is 0. The Morgan fingerprint density at radius 1 is 1.32 bits per heavy atom. The fraction of sp³-hybridized carbons (Fsp3) is 0.647. The highest BCUT2D eigenvalue weighted by Crippen LogP contribution is 2.40. The number of nitrogen functional groups attached to an aromatic ring is 1. The summed E-state index contributed by atoms with van der Waals surface area (Å²) < 4.78 is 0. The molecule has 0 radical (unpaired) electrons. The van der Waals surface area contributed by atoms with Crippen molar-refractivity contribution in [1.82, 2.24) is 0 Å². The molecule has 0 aliphatic carbocycles. The first kappa shape index (κ1) is 14.2. The summed E-state index contributed by atoms with van der Waals surface area (Å²) in [5, 5.41) is 0. The van der Waals surface area contributed by atoms with Gasteiger partial charge in [-0.2, -0.15) is 0 Å². The van der Waals surface area contributed by atoms with Crippen molar-refractivity contribution < 1.29 is 0 Å². The van der Waals surface area contributed by atoms with E-state index in [4.69, 9.17) is 5.73 Å². The molecule has 2 nitrogen and oxygen atoms in total. The maximum absolute atomic E-state index is 6.21. The summed E-state index contributed by atoms with van der Waals surface area (Å²) in [4.78, 5) is 2.58. The number of fused-ring (bicyclic) bond motifs is 1. The third kappa shape index (κ3) is 2.58. The van der Waals surface area contributed by atoms with Crippen molar-refractivity contribution in [1.29, 1.82) is 0 Å². The molecule has 2 heteroatoms. The minimum absolute atomic E-state index is 0.257. The molecule has 1 aromatic rings. The number of nitrogens with two attached hydrogens (primary N) is 1. The standard InChI is InChI=1S/C17H28N2/c1-6-9-19-16-11-14(12(2)3)15(18)10-13(16)7-8-17(19,4)5/h10-12H,6-9,18H2,1-5H3. The lowest BCUT2D eigenvalue weighted by molar-refractivity contribution is 0.408. The van der Waals surface area contributed by atoms with Crippen molar-refractivity contribution in [2.45, 2.75) is 65.3 Å². The fourth-order valence-corrected chi connectivity index (χ4v) is 3.17. The van der Waals surface area contributed by atoms with Crippen LogP contribution in [-0.4, -0.2) is 12.1 Å². The van der Waals surface area contributed by atoms with Gasteiger partial charge in [0.2, 0.25) is 0 Å². The normalized spacial score (nSPS) is 17.7. The lowest BCUT2D eigenvalue weighted by atomic mass is 9.84. The number of benzene rings is 1. The molecule has 0 saturated heterocycles. The number of nitrogens with zero attached hydrogens (tertiary/aromatic N) is 1. The molecule has 0 bridgehead atoms. The average Bonchev–Trinajstić information content (AvgIpc) is 2.32. The van der Waals surface area contributed by atoms with E-state index >= 15 is 0 Å². The Kier molecular flexibility index (Phi) is 3.80. The first-order valence-electron chi connectivity index (χ1n) is 7.56. The Labute approximate surface area is 118 Å². The molecule has 2 rings (SSSR count). The quantitative estimate of drug-likeness (QED) is 0.819. The number of aryl methyl sites for hydroxylation is 1. The van der Waals surface area contributed by atoms with Crippen LogP contribution < -0.4 is 10.6 Å². The number of hydrogen-bond donors (Lipinski definition) is 1. The second-order valence-corrected chi connectivity index (χ2v) is 6.73. The Balaban J connectivity index is 2.52. The zero-order valence-electron chi connectivity index (χ0n) is 13.1. The number of anilines is 2. The van der Waals surface area contributed by atoms with Gasteiger partial charge in [-0.05, 0) is 62.3 Å². The topological polar surface area (TPSA) is 29.3 Å². The lowest BCUT2D eigenvalue weighted by Gasteiger charge is -2.45. The van der Waals surface area contributed by atoms with Crippen LogP contribution in [0.15, 0.2) is 12.1 Å². The molecule has 1 aliphatic rings. The molecule has 2 N–H and O–H groups in total. The van der Waals surface area contributed by atoms with Gasteiger partial charge in [-0.15, -0.1) is 0 Å². The van der Waals surface area contributed by atoms with Crippen molar-refractivity contribution in [3.05, 3.63) is 23.3 Å². The maximum atomic E-state index is 6.21. The van der Waals surface area contributed by atoms with E-state index < -0.39 is 0 Å². The second-order valence-electron chi connectivity index (χ2n) is 6.73. The monoisotopic (exact) mass is 260 g/mol. The van der Waals surface area contributed by atoms with E-state index in [1.807, 2.05) is 0 Å². The van der Waals surface area contributed by atoms with E-state index in [2.05, 4.69) is 51.7 Å². The second kappa shape index (κ2) is 5.07. The summed E-state index contributed by atoms with van der Waals surface area (Å²) in [5.74, 6) is 0.485. The molecule has 0 saturated carbocycles. The third-order valence-corrected chi connectivity index (χ3v) is 4.38. The highest BCUT2D eigenvalue weighted by atomic mass is 15.2. The lowest BCUT2D eigenvalue weighted by Crippen LogP contribution is -2.48. The van der Waals surface area contributed by atoms with E-state index in [1.54, 1.807) is 0 Å². The van der Waals surface area contributed by atoms with E-state index in [0.29, 0.717) is 5.92 Å². The van der Waals surface area contributed by atoms with Crippen molar-refractivity contribution in [3.8, 4) is 0 Å². The number of rotatable bonds is 3. The SMILES string of the molecule is CCCN1c2cc(C(C)C)c(N)cc2CCC1(C)C. The van der Waals surface area contributed by atoms with Crippen molar-refractivity contribution in [3.63, 3.8) is 0 Å². The fourth-order valence-electron chi connectivity index (χ4n) is 3.17. The van der Waals surface area contributed by atoms with Gasteiger partial charge >= 0.3 is 0 Å². The summed E-state index contributed by atoms with van der Waals surface area (Å²) in [6.45, 7) is 12.5. The zero-order chi connectivity index (χ0) is 14.2. The molecule has 1 aliphatic heterocycles. The first-order chi connectivity index (χ1) is 8.86. The first-order valence-corrected chi connectivity index (χ1v) is 7.56. The summed E-state index contributed by atoms with van der Waals surface area (Å²) in [6.07, 6.45) is 3.54. The van der Waals surface area contributed by atoms with Crippen LogP contribution >= 0.6 is 0 Å². The molecule has 0 fully saturated rings. The predicted octanol–water partition coefficient (Wildman–Crippen LogP) is 4.33. The van der Waals surface area contributed by atoms with Gasteiger partial charge < -0.3 is 10.6 Å². The van der Waals surface area contributed by atoms with Crippen LogP contribution in [0.3, 0.4) is 0 Å². The molecule has 19 heavy (non-hydrogen) atoms. The smallest absolute Gasteiger partial charge is 0.0407 e. The van der Waals surface area contributed by atoms with Crippen LogP contribution in [0.2, 0.25) is 0 Å². The minimum atomic E-state index is 0.257. The molecule has 106 valence electrons. The van der Waals surface area contributed by atoms with E-state index in [-0.39, 0.29) is 5.54 Å². The molecule has 0 atom stereocenters. The predicted molar refractivity (Wildman–Crippen MR) is 85.0 cm³/mol. The summed E-state index contributed by atoms with van der Waals surface area (Å²) in [7, 11) is 0. The number of hydrogen-bond acceptors (Lipinski definition) is 2. The van der Waals surface area contributed by atoms with Crippen LogP contribution in [0.1, 0.15) is 64.5 Å². The van der Waals surface area contributed by atoms with Gasteiger partial charge in [-0.25, -0.2) is 0 Å². The maximum Gasteiger partial charge on any atom is 0.0407 e. The molecule has 0 amide bonds. The summed E-state index contributed by atoms with van der Waals surface area (Å²) in [5.41, 5.74) is 11.6.